The summed E-state index contributed by atoms with van der Waals surface area (Å²) in [6.45, 7) is 6.53. The van der Waals surface area contributed by atoms with Crippen LogP contribution in [0.4, 0.5) is 0 Å². The molecule has 0 bridgehead atoms. The molecule has 2 N–H and O–H groups in total. The molecule has 136 valence electrons. The minimum Gasteiger partial charge on any atom is -0.393 e. The van der Waals surface area contributed by atoms with Crippen LogP contribution in [-0.4, -0.2) is 28.2 Å². The number of carbonyl (C=O) groups is 1. The Balaban J connectivity index is 1.65. The molecule has 3 heteroatoms. The van der Waals surface area contributed by atoms with Gasteiger partial charge < -0.3 is 10.2 Å². The van der Waals surface area contributed by atoms with E-state index in [0.29, 0.717) is 23.5 Å². The van der Waals surface area contributed by atoms with Gasteiger partial charge in [-0.15, -0.1) is 0 Å². The fourth-order valence-electron chi connectivity index (χ4n) is 7.95. The van der Waals surface area contributed by atoms with Crippen LogP contribution in [-0.2, 0) is 4.79 Å². The van der Waals surface area contributed by atoms with Gasteiger partial charge in [-0.05, 0) is 92.8 Å². The van der Waals surface area contributed by atoms with Gasteiger partial charge >= 0.3 is 0 Å². The third kappa shape index (κ3) is 2.19. The summed E-state index contributed by atoms with van der Waals surface area (Å²) < 4.78 is 0. The summed E-state index contributed by atoms with van der Waals surface area (Å²) in [6.07, 6.45) is 7.70. The highest BCUT2D eigenvalue weighted by molar-refractivity contribution is 5.79. The van der Waals surface area contributed by atoms with Crippen LogP contribution in [0.3, 0.4) is 0 Å². The third-order valence-corrected chi connectivity index (χ3v) is 9.14. The summed E-state index contributed by atoms with van der Waals surface area (Å²) >= 11 is 0. The lowest BCUT2D eigenvalue weighted by atomic mass is 9.44. The molecule has 4 saturated carbocycles. The normalized spacial score (nSPS) is 57.0. The molecular weight excluding hydrogens is 300 g/mol. The van der Waals surface area contributed by atoms with Gasteiger partial charge in [-0.1, -0.05) is 13.8 Å². The van der Waals surface area contributed by atoms with Crippen molar-refractivity contribution in [2.45, 2.75) is 84.3 Å². The highest BCUT2D eigenvalue weighted by Gasteiger charge is 2.62. The summed E-state index contributed by atoms with van der Waals surface area (Å²) in [7, 11) is 0. The van der Waals surface area contributed by atoms with Gasteiger partial charge in [0.2, 0.25) is 0 Å². The SMILES string of the molecule is CC(=O)[C@H]1CC[C@H]2[C@@H]3C[C@@H](O)[C@H]4C[C@H](O)CC[C@]4(C)[C@H]3CC[C@]12C. The second-order valence-electron chi connectivity index (χ2n) is 10.0. The van der Waals surface area contributed by atoms with E-state index in [9.17, 15) is 15.0 Å². The van der Waals surface area contributed by atoms with Crippen molar-refractivity contribution in [3.63, 3.8) is 0 Å². The Morgan fingerprint density at radius 1 is 0.875 bits per heavy atom. The molecular formula is C21H34O3. The zero-order chi connectivity index (χ0) is 17.3. The van der Waals surface area contributed by atoms with E-state index in [1.165, 1.54) is 12.8 Å². The topological polar surface area (TPSA) is 57.5 Å². The fraction of sp³-hybridized carbons (Fsp3) is 0.952. The van der Waals surface area contributed by atoms with Gasteiger partial charge in [0.1, 0.15) is 5.78 Å². The van der Waals surface area contributed by atoms with Gasteiger partial charge in [-0.25, -0.2) is 0 Å². The monoisotopic (exact) mass is 334 g/mol. The lowest BCUT2D eigenvalue weighted by molar-refractivity contribution is -0.171. The van der Waals surface area contributed by atoms with Crippen LogP contribution in [0, 0.1) is 40.4 Å². The molecule has 0 heterocycles. The lowest BCUT2D eigenvalue weighted by Gasteiger charge is -2.62. The lowest BCUT2D eigenvalue weighted by Crippen LogP contribution is -2.58. The largest absolute Gasteiger partial charge is 0.393 e. The molecule has 0 unspecified atom stereocenters. The number of hydrogen-bond donors (Lipinski definition) is 2. The maximum absolute atomic E-state index is 12.2. The molecule has 0 spiro atoms. The first-order chi connectivity index (χ1) is 11.3. The van der Waals surface area contributed by atoms with E-state index in [1.54, 1.807) is 6.92 Å². The molecule has 4 aliphatic rings. The summed E-state index contributed by atoms with van der Waals surface area (Å²) in [5.41, 5.74) is 0.335. The van der Waals surface area contributed by atoms with E-state index in [1.807, 2.05) is 0 Å². The Labute approximate surface area is 146 Å². The number of rotatable bonds is 1. The number of Topliss-reactive ketones (excluding diaryl/α,β-unsaturated/α-hetero) is 1. The van der Waals surface area contributed by atoms with Crippen LogP contribution in [0.1, 0.15) is 72.1 Å². The fourth-order valence-corrected chi connectivity index (χ4v) is 7.95. The van der Waals surface area contributed by atoms with E-state index in [4.69, 9.17) is 0 Å². The van der Waals surface area contributed by atoms with E-state index in [0.717, 1.165) is 38.5 Å². The van der Waals surface area contributed by atoms with Crippen LogP contribution in [0.2, 0.25) is 0 Å². The molecule has 3 nitrogen and oxygen atoms in total. The molecule has 0 aromatic carbocycles. The molecule has 0 aliphatic heterocycles. The van der Waals surface area contributed by atoms with Crippen LogP contribution < -0.4 is 0 Å². The number of hydrogen-bond acceptors (Lipinski definition) is 3. The number of carbonyl (C=O) groups excluding carboxylic acids is 1. The molecule has 0 amide bonds. The number of ketones is 1. The van der Waals surface area contributed by atoms with Gasteiger partial charge in [0.05, 0.1) is 12.2 Å². The van der Waals surface area contributed by atoms with E-state index in [-0.39, 0.29) is 34.9 Å². The minimum atomic E-state index is -0.273. The molecule has 4 fully saturated rings. The summed E-state index contributed by atoms with van der Waals surface area (Å²) in [5, 5.41) is 21.0. The van der Waals surface area contributed by atoms with Gasteiger partial charge in [0.25, 0.3) is 0 Å². The third-order valence-electron chi connectivity index (χ3n) is 9.14. The van der Waals surface area contributed by atoms with Gasteiger partial charge in [-0.2, -0.15) is 0 Å². The molecule has 24 heavy (non-hydrogen) atoms. The van der Waals surface area contributed by atoms with E-state index in [2.05, 4.69) is 13.8 Å². The van der Waals surface area contributed by atoms with E-state index < -0.39 is 0 Å². The van der Waals surface area contributed by atoms with Crippen molar-refractivity contribution < 1.29 is 15.0 Å². The number of aliphatic hydroxyl groups excluding tert-OH is 2. The van der Waals surface area contributed by atoms with Crippen molar-refractivity contribution in [3.8, 4) is 0 Å². The Kier molecular flexibility index (Phi) is 3.93. The van der Waals surface area contributed by atoms with Crippen LogP contribution >= 0.6 is 0 Å². The number of fused-ring (bicyclic) bond motifs is 5. The van der Waals surface area contributed by atoms with Crippen molar-refractivity contribution in [2.75, 3.05) is 0 Å². The molecule has 0 aromatic heterocycles. The van der Waals surface area contributed by atoms with Crippen molar-refractivity contribution in [1.82, 2.24) is 0 Å². The van der Waals surface area contributed by atoms with Crippen molar-refractivity contribution in [1.29, 1.82) is 0 Å². The quantitative estimate of drug-likeness (QED) is 0.771. The first-order valence-electron chi connectivity index (χ1n) is 10.1. The van der Waals surface area contributed by atoms with E-state index >= 15 is 0 Å². The van der Waals surface area contributed by atoms with Crippen molar-refractivity contribution in [3.05, 3.63) is 0 Å². The van der Waals surface area contributed by atoms with Crippen LogP contribution in [0.15, 0.2) is 0 Å². The van der Waals surface area contributed by atoms with Crippen molar-refractivity contribution >= 4 is 5.78 Å². The minimum absolute atomic E-state index is 0.157. The molecule has 0 aromatic rings. The Hall–Kier alpha value is -0.410. The average Bonchev–Trinajstić information content (AvgIpc) is 2.87. The number of aliphatic hydroxyl groups is 2. The highest BCUT2D eigenvalue weighted by atomic mass is 16.3. The molecule has 9 atom stereocenters. The maximum atomic E-state index is 12.2. The smallest absolute Gasteiger partial charge is 0.133 e. The Morgan fingerprint density at radius 3 is 2.25 bits per heavy atom. The average molecular weight is 335 g/mol. The molecule has 0 radical (unpaired) electrons. The Morgan fingerprint density at radius 2 is 1.54 bits per heavy atom. The highest BCUT2D eigenvalue weighted by Crippen LogP contribution is 2.67. The van der Waals surface area contributed by atoms with Crippen molar-refractivity contribution in [2.24, 2.45) is 40.4 Å². The van der Waals surface area contributed by atoms with Gasteiger partial charge in [0.15, 0.2) is 0 Å². The molecule has 4 rings (SSSR count). The summed E-state index contributed by atoms with van der Waals surface area (Å²) in [5.74, 6) is 2.71. The summed E-state index contributed by atoms with van der Waals surface area (Å²) in [4.78, 5) is 12.2. The van der Waals surface area contributed by atoms with Crippen LogP contribution in [0.5, 0.6) is 0 Å². The first-order valence-corrected chi connectivity index (χ1v) is 10.1. The second-order valence-corrected chi connectivity index (χ2v) is 10.0. The van der Waals surface area contributed by atoms with Crippen LogP contribution in [0.25, 0.3) is 0 Å². The zero-order valence-corrected chi connectivity index (χ0v) is 15.5. The first kappa shape index (κ1) is 17.0. The standard InChI is InChI=1S/C21H34O3/c1-12(22)15-4-5-16-14-11-19(24)18-10-13(23)6-8-21(18,3)17(14)7-9-20(15,16)2/h13-19,23-24H,4-11H2,1-3H3/t13-,14+,15-,16+,17+,18-,19-,20-,21-/m1/s1. The predicted molar refractivity (Wildman–Crippen MR) is 93.3 cm³/mol. The van der Waals surface area contributed by atoms with Gasteiger partial charge in [0, 0.05) is 5.92 Å². The molecule has 0 saturated heterocycles. The predicted octanol–water partition coefficient (Wildman–Crippen LogP) is 3.57. The summed E-state index contributed by atoms with van der Waals surface area (Å²) in [6, 6.07) is 0. The molecule has 4 aliphatic carbocycles. The second kappa shape index (κ2) is 5.54. The Bertz CT molecular complexity index is 531. The van der Waals surface area contributed by atoms with Gasteiger partial charge in [-0.3, -0.25) is 4.79 Å². The zero-order valence-electron chi connectivity index (χ0n) is 15.5. The maximum Gasteiger partial charge on any atom is 0.133 e.